The number of aryl methyl sites for hydroxylation is 1. The van der Waals surface area contributed by atoms with Gasteiger partial charge in [0.15, 0.2) is 0 Å². The highest BCUT2D eigenvalue weighted by Crippen LogP contribution is 2.61. The third-order valence-electron chi connectivity index (χ3n) is 9.79. The van der Waals surface area contributed by atoms with Crippen LogP contribution in [0.3, 0.4) is 0 Å². The zero-order chi connectivity index (χ0) is 28.3. The molecule has 0 spiro atoms. The monoisotopic (exact) mass is 543 g/mol. The van der Waals surface area contributed by atoms with Gasteiger partial charge in [0.25, 0.3) is 0 Å². The van der Waals surface area contributed by atoms with Crippen LogP contribution in [0.5, 0.6) is 0 Å². The third kappa shape index (κ3) is 6.20. The quantitative estimate of drug-likeness (QED) is 0.227. The van der Waals surface area contributed by atoms with E-state index in [1.165, 1.54) is 55.2 Å². The number of allylic oxidation sites excluding steroid dienone is 1. The van der Waals surface area contributed by atoms with Crippen molar-refractivity contribution in [2.75, 3.05) is 26.3 Å². The molecule has 4 aliphatic carbocycles. The number of carbonyl (C=O) groups is 2. The SMILES string of the molecule is CCN(CC)C(=O)COCCCc1ccc(C(C)=Cc2ccc(C(=O)O)cc2)cc1C12CC3CC(CC(C3)C1)C2. The van der Waals surface area contributed by atoms with Crippen molar-refractivity contribution in [1.29, 1.82) is 0 Å². The van der Waals surface area contributed by atoms with Crippen LogP contribution in [-0.4, -0.2) is 48.2 Å². The molecule has 5 heteroatoms. The molecule has 4 fully saturated rings. The van der Waals surface area contributed by atoms with Crippen LogP contribution in [0.1, 0.15) is 98.3 Å². The number of benzene rings is 2. The van der Waals surface area contributed by atoms with Gasteiger partial charge in [0.2, 0.25) is 5.91 Å². The van der Waals surface area contributed by atoms with E-state index in [1.54, 1.807) is 17.7 Å². The first kappa shape index (κ1) is 28.6. The molecule has 0 aromatic heterocycles. The zero-order valence-electron chi connectivity index (χ0n) is 24.5. The summed E-state index contributed by atoms with van der Waals surface area (Å²) in [7, 11) is 0. The maximum Gasteiger partial charge on any atom is 0.335 e. The number of hydrogen-bond donors (Lipinski definition) is 1. The smallest absolute Gasteiger partial charge is 0.335 e. The van der Waals surface area contributed by atoms with Gasteiger partial charge in [-0.05, 0) is 135 Å². The van der Waals surface area contributed by atoms with E-state index in [9.17, 15) is 14.7 Å². The number of rotatable bonds is 12. The van der Waals surface area contributed by atoms with Crippen LogP contribution in [0.15, 0.2) is 42.5 Å². The lowest BCUT2D eigenvalue weighted by Crippen LogP contribution is -2.49. The highest BCUT2D eigenvalue weighted by atomic mass is 16.5. The Morgan fingerprint density at radius 2 is 1.55 bits per heavy atom. The summed E-state index contributed by atoms with van der Waals surface area (Å²) in [6, 6.07) is 14.2. The molecule has 214 valence electrons. The fourth-order valence-corrected chi connectivity index (χ4v) is 8.22. The van der Waals surface area contributed by atoms with Crippen molar-refractivity contribution in [3.8, 4) is 0 Å². The molecule has 1 N–H and O–H groups in total. The molecular weight excluding hydrogens is 498 g/mol. The minimum Gasteiger partial charge on any atom is -0.478 e. The molecule has 0 unspecified atom stereocenters. The summed E-state index contributed by atoms with van der Waals surface area (Å²) in [5.74, 6) is 1.80. The summed E-state index contributed by atoms with van der Waals surface area (Å²) in [6.07, 6.45) is 12.3. The molecule has 2 aromatic carbocycles. The molecule has 4 aliphatic rings. The van der Waals surface area contributed by atoms with E-state index >= 15 is 0 Å². The molecule has 5 nitrogen and oxygen atoms in total. The first-order chi connectivity index (χ1) is 19.3. The molecule has 4 saturated carbocycles. The van der Waals surface area contributed by atoms with Crippen molar-refractivity contribution in [3.63, 3.8) is 0 Å². The number of likely N-dealkylation sites (N-methyl/N-ethyl adjacent to an activating group) is 1. The second kappa shape index (κ2) is 12.3. The molecule has 40 heavy (non-hydrogen) atoms. The van der Waals surface area contributed by atoms with Crippen molar-refractivity contribution < 1.29 is 19.4 Å². The summed E-state index contributed by atoms with van der Waals surface area (Å²) >= 11 is 0. The Balaban J connectivity index is 1.35. The molecule has 0 radical (unpaired) electrons. The van der Waals surface area contributed by atoms with E-state index < -0.39 is 5.97 Å². The number of hydrogen-bond acceptors (Lipinski definition) is 3. The molecule has 0 heterocycles. The largest absolute Gasteiger partial charge is 0.478 e. The Morgan fingerprint density at radius 1 is 0.950 bits per heavy atom. The van der Waals surface area contributed by atoms with Crippen molar-refractivity contribution in [3.05, 3.63) is 70.3 Å². The van der Waals surface area contributed by atoms with Gasteiger partial charge in [-0.3, -0.25) is 4.79 Å². The fraction of sp³-hybridized carbons (Fsp3) is 0.543. The highest BCUT2D eigenvalue weighted by molar-refractivity contribution is 5.88. The zero-order valence-corrected chi connectivity index (χ0v) is 24.5. The second-order valence-electron chi connectivity index (χ2n) is 12.5. The van der Waals surface area contributed by atoms with Gasteiger partial charge in [0, 0.05) is 19.7 Å². The van der Waals surface area contributed by atoms with Crippen LogP contribution in [0, 0.1) is 17.8 Å². The maximum atomic E-state index is 12.3. The molecule has 6 rings (SSSR count). The Hall–Kier alpha value is -2.92. The molecule has 0 saturated heterocycles. The highest BCUT2D eigenvalue weighted by Gasteiger charge is 2.52. The van der Waals surface area contributed by atoms with Crippen LogP contribution in [0.4, 0.5) is 0 Å². The fourth-order valence-electron chi connectivity index (χ4n) is 8.22. The van der Waals surface area contributed by atoms with Gasteiger partial charge in [0.05, 0.1) is 5.56 Å². The van der Waals surface area contributed by atoms with Gasteiger partial charge >= 0.3 is 5.97 Å². The summed E-state index contributed by atoms with van der Waals surface area (Å²) in [6.45, 7) is 8.37. The van der Waals surface area contributed by atoms with Crippen LogP contribution in [0.2, 0.25) is 0 Å². The summed E-state index contributed by atoms with van der Waals surface area (Å²) in [4.78, 5) is 25.4. The molecule has 2 aromatic rings. The van der Waals surface area contributed by atoms with Crippen molar-refractivity contribution in [2.24, 2.45) is 17.8 Å². The Kier molecular flexibility index (Phi) is 8.80. The topological polar surface area (TPSA) is 66.8 Å². The number of carboxylic acids is 1. The van der Waals surface area contributed by atoms with Gasteiger partial charge in [0.1, 0.15) is 6.61 Å². The number of ether oxygens (including phenoxy) is 1. The van der Waals surface area contributed by atoms with Crippen molar-refractivity contribution in [2.45, 2.75) is 77.6 Å². The number of carbonyl (C=O) groups excluding carboxylic acids is 1. The van der Waals surface area contributed by atoms with Crippen molar-refractivity contribution >= 4 is 23.5 Å². The van der Waals surface area contributed by atoms with Crippen LogP contribution in [0.25, 0.3) is 11.6 Å². The van der Waals surface area contributed by atoms with E-state index in [1.807, 2.05) is 30.9 Å². The molecule has 0 atom stereocenters. The summed E-state index contributed by atoms with van der Waals surface area (Å²) in [5.41, 5.74) is 7.06. The number of amides is 1. The molecule has 1 amide bonds. The average molecular weight is 544 g/mol. The lowest BCUT2D eigenvalue weighted by atomic mass is 9.47. The third-order valence-corrected chi connectivity index (χ3v) is 9.79. The Labute approximate surface area is 239 Å². The lowest BCUT2D eigenvalue weighted by molar-refractivity contribution is -0.135. The predicted molar refractivity (Wildman–Crippen MR) is 160 cm³/mol. The first-order valence-corrected chi connectivity index (χ1v) is 15.3. The first-order valence-electron chi connectivity index (χ1n) is 15.3. The van der Waals surface area contributed by atoms with Crippen LogP contribution >= 0.6 is 0 Å². The number of aromatic carboxylic acids is 1. The van der Waals surface area contributed by atoms with Crippen LogP contribution in [-0.2, 0) is 21.4 Å². The van der Waals surface area contributed by atoms with Gasteiger partial charge < -0.3 is 14.7 Å². The van der Waals surface area contributed by atoms with E-state index in [-0.39, 0.29) is 12.5 Å². The standard InChI is InChI=1S/C35H45NO4/c1-4-36(5-2)33(37)23-40-14-6-7-29-12-13-31(24(3)15-25-8-10-30(11-9-25)34(38)39)19-32(29)35-20-26-16-27(21-35)18-28(17-26)22-35/h8-13,15,19,26-28H,4-7,14,16-18,20-23H2,1-3H3,(H,38,39). The number of carboxylic acid groups (broad SMARTS) is 1. The second-order valence-corrected chi connectivity index (χ2v) is 12.5. The maximum absolute atomic E-state index is 12.3. The van der Waals surface area contributed by atoms with Gasteiger partial charge in [-0.1, -0.05) is 36.4 Å². The molecular formula is C35H45NO4. The van der Waals surface area contributed by atoms with E-state index in [2.05, 4.69) is 31.2 Å². The molecule has 4 bridgehead atoms. The summed E-state index contributed by atoms with van der Waals surface area (Å²) in [5, 5.41) is 9.23. The van der Waals surface area contributed by atoms with E-state index in [0.717, 1.165) is 49.2 Å². The summed E-state index contributed by atoms with van der Waals surface area (Å²) < 4.78 is 5.81. The number of nitrogens with zero attached hydrogens (tertiary/aromatic N) is 1. The average Bonchev–Trinajstić information content (AvgIpc) is 2.93. The normalized spacial score (nSPS) is 25.3. The van der Waals surface area contributed by atoms with E-state index in [0.29, 0.717) is 17.6 Å². The minimum atomic E-state index is -0.899. The van der Waals surface area contributed by atoms with E-state index in [4.69, 9.17) is 4.74 Å². The molecule has 0 aliphatic heterocycles. The Morgan fingerprint density at radius 3 is 2.12 bits per heavy atom. The van der Waals surface area contributed by atoms with Gasteiger partial charge in [-0.25, -0.2) is 4.79 Å². The van der Waals surface area contributed by atoms with Gasteiger partial charge in [-0.2, -0.15) is 0 Å². The van der Waals surface area contributed by atoms with Crippen molar-refractivity contribution in [1.82, 2.24) is 4.90 Å². The Bertz CT molecular complexity index is 1210. The predicted octanol–water partition coefficient (Wildman–Crippen LogP) is 7.23. The lowest BCUT2D eigenvalue weighted by Gasteiger charge is -2.57. The van der Waals surface area contributed by atoms with Gasteiger partial charge in [-0.15, -0.1) is 0 Å². The minimum absolute atomic E-state index is 0.0727. The van der Waals surface area contributed by atoms with Crippen LogP contribution < -0.4 is 0 Å².